The second-order valence-electron chi connectivity index (χ2n) is 7.84. The number of benzene rings is 3. The summed E-state index contributed by atoms with van der Waals surface area (Å²) in [6.07, 6.45) is -5.93. The van der Waals surface area contributed by atoms with Crippen molar-refractivity contribution in [3.05, 3.63) is 108 Å². The number of hydrogen-bond acceptors (Lipinski definition) is 6. The van der Waals surface area contributed by atoms with Crippen LogP contribution in [0.2, 0.25) is 0 Å². The van der Waals surface area contributed by atoms with Gasteiger partial charge in [0.25, 0.3) is 0 Å². The summed E-state index contributed by atoms with van der Waals surface area (Å²) in [6, 6.07) is 29.5. The predicted molar refractivity (Wildman–Crippen MR) is 119 cm³/mol. The fourth-order valence-electron chi connectivity index (χ4n) is 4.31. The maximum atomic E-state index is 10.7. The van der Waals surface area contributed by atoms with E-state index in [0.29, 0.717) is 0 Å². The fourth-order valence-corrected chi connectivity index (χ4v) is 4.31. The number of aliphatic hydroxyl groups is 3. The van der Waals surface area contributed by atoms with E-state index < -0.39 is 36.3 Å². The minimum atomic E-state index is -1.49. The molecule has 168 valence electrons. The van der Waals surface area contributed by atoms with Gasteiger partial charge in [-0.15, -0.1) is 0 Å². The Hall–Kier alpha value is -2.58. The minimum Gasteiger partial charge on any atom is -0.387 e. The minimum absolute atomic E-state index is 0.0521. The molecule has 0 amide bonds. The smallest absolute Gasteiger partial charge is 0.184 e. The SMILES string of the molecule is CO[C@@H]1[C@H](O)[C@@H](O)O[C@H](COC(c2ccccc2)(c2ccccc2)c2ccccc2)[C@H]1O. The van der Waals surface area contributed by atoms with Gasteiger partial charge in [0.1, 0.15) is 30.0 Å². The highest BCUT2D eigenvalue weighted by molar-refractivity contribution is 5.47. The molecule has 3 aromatic carbocycles. The Morgan fingerprint density at radius 3 is 1.56 bits per heavy atom. The zero-order valence-corrected chi connectivity index (χ0v) is 17.8. The van der Waals surface area contributed by atoms with Crippen LogP contribution >= 0.6 is 0 Å². The lowest BCUT2D eigenvalue weighted by Gasteiger charge is -2.42. The van der Waals surface area contributed by atoms with Crippen LogP contribution in [0.5, 0.6) is 0 Å². The van der Waals surface area contributed by atoms with Gasteiger partial charge in [0.2, 0.25) is 0 Å². The zero-order valence-electron chi connectivity index (χ0n) is 17.8. The van der Waals surface area contributed by atoms with Crippen molar-refractivity contribution in [1.82, 2.24) is 0 Å². The van der Waals surface area contributed by atoms with E-state index in [1.165, 1.54) is 7.11 Å². The third-order valence-corrected chi connectivity index (χ3v) is 5.94. The van der Waals surface area contributed by atoms with E-state index in [9.17, 15) is 15.3 Å². The third kappa shape index (κ3) is 4.21. The van der Waals surface area contributed by atoms with Crippen LogP contribution in [0, 0.1) is 0 Å². The van der Waals surface area contributed by atoms with Crippen LogP contribution in [-0.2, 0) is 19.8 Å². The molecule has 1 heterocycles. The maximum absolute atomic E-state index is 10.7. The molecule has 5 atom stereocenters. The van der Waals surface area contributed by atoms with Crippen LogP contribution in [0.4, 0.5) is 0 Å². The van der Waals surface area contributed by atoms with Crippen molar-refractivity contribution < 1.29 is 29.5 Å². The van der Waals surface area contributed by atoms with Crippen molar-refractivity contribution in [2.24, 2.45) is 0 Å². The first-order valence-corrected chi connectivity index (χ1v) is 10.6. The highest BCUT2D eigenvalue weighted by atomic mass is 16.7. The van der Waals surface area contributed by atoms with Gasteiger partial charge in [0, 0.05) is 7.11 Å². The monoisotopic (exact) mass is 436 g/mol. The van der Waals surface area contributed by atoms with E-state index in [1.807, 2.05) is 91.0 Å². The summed E-state index contributed by atoms with van der Waals surface area (Å²) < 4.78 is 17.3. The molecular formula is C26H28O6. The molecule has 4 rings (SSSR count). The molecule has 1 aliphatic heterocycles. The van der Waals surface area contributed by atoms with Gasteiger partial charge in [-0.3, -0.25) is 0 Å². The van der Waals surface area contributed by atoms with Crippen LogP contribution in [0.1, 0.15) is 16.7 Å². The molecule has 1 aliphatic rings. The van der Waals surface area contributed by atoms with E-state index in [2.05, 4.69) is 0 Å². The highest BCUT2D eigenvalue weighted by Gasteiger charge is 2.46. The van der Waals surface area contributed by atoms with E-state index in [4.69, 9.17) is 14.2 Å². The molecule has 32 heavy (non-hydrogen) atoms. The molecular weight excluding hydrogens is 408 g/mol. The molecule has 0 saturated carbocycles. The predicted octanol–water partition coefficient (Wildman–Crippen LogP) is 2.45. The first kappa shape index (κ1) is 22.6. The Labute approximate surface area is 187 Å². The molecule has 0 radical (unpaired) electrons. The van der Waals surface area contributed by atoms with Gasteiger partial charge < -0.3 is 29.5 Å². The highest BCUT2D eigenvalue weighted by Crippen LogP contribution is 2.41. The van der Waals surface area contributed by atoms with Crippen LogP contribution < -0.4 is 0 Å². The maximum Gasteiger partial charge on any atom is 0.184 e. The van der Waals surface area contributed by atoms with Crippen molar-refractivity contribution in [2.45, 2.75) is 36.3 Å². The van der Waals surface area contributed by atoms with Crippen LogP contribution in [0.3, 0.4) is 0 Å². The van der Waals surface area contributed by atoms with Crippen LogP contribution in [-0.4, -0.2) is 59.7 Å². The number of methoxy groups -OCH3 is 1. The Kier molecular flexibility index (Phi) is 7.01. The largest absolute Gasteiger partial charge is 0.387 e. The zero-order chi connectivity index (χ0) is 22.6. The van der Waals surface area contributed by atoms with Crippen LogP contribution in [0.25, 0.3) is 0 Å². The normalized spacial score (nSPS) is 26.1. The molecule has 0 spiro atoms. The second-order valence-corrected chi connectivity index (χ2v) is 7.84. The van der Waals surface area contributed by atoms with E-state index >= 15 is 0 Å². The molecule has 1 saturated heterocycles. The summed E-state index contributed by atoms with van der Waals surface area (Å²) in [4.78, 5) is 0. The molecule has 3 aromatic rings. The summed E-state index contributed by atoms with van der Waals surface area (Å²) in [5.74, 6) is 0. The van der Waals surface area contributed by atoms with E-state index in [-0.39, 0.29) is 6.61 Å². The lowest BCUT2D eigenvalue weighted by molar-refractivity contribution is -0.295. The number of ether oxygens (including phenoxy) is 3. The number of rotatable bonds is 7. The van der Waals surface area contributed by atoms with Gasteiger partial charge in [0.05, 0.1) is 6.61 Å². The quantitative estimate of drug-likeness (QED) is 0.493. The summed E-state index contributed by atoms with van der Waals surface area (Å²) >= 11 is 0. The Morgan fingerprint density at radius 2 is 1.16 bits per heavy atom. The van der Waals surface area contributed by atoms with Crippen molar-refractivity contribution in [3.63, 3.8) is 0 Å². The first-order valence-electron chi connectivity index (χ1n) is 10.6. The lowest BCUT2D eigenvalue weighted by atomic mass is 9.80. The van der Waals surface area contributed by atoms with Gasteiger partial charge in [-0.2, -0.15) is 0 Å². The molecule has 0 unspecified atom stereocenters. The van der Waals surface area contributed by atoms with Crippen molar-refractivity contribution >= 4 is 0 Å². The van der Waals surface area contributed by atoms with Crippen LogP contribution in [0.15, 0.2) is 91.0 Å². The molecule has 0 aliphatic carbocycles. The Balaban J connectivity index is 1.77. The molecule has 0 bridgehead atoms. The third-order valence-electron chi connectivity index (χ3n) is 5.94. The van der Waals surface area contributed by atoms with Crippen molar-refractivity contribution in [1.29, 1.82) is 0 Å². The van der Waals surface area contributed by atoms with Crippen molar-refractivity contribution in [3.8, 4) is 0 Å². The Morgan fingerprint density at radius 1 is 0.719 bits per heavy atom. The van der Waals surface area contributed by atoms with E-state index in [1.54, 1.807) is 0 Å². The fraction of sp³-hybridized carbons (Fsp3) is 0.308. The van der Waals surface area contributed by atoms with Gasteiger partial charge in [-0.05, 0) is 16.7 Å². The average Bonchev–Trinajstić information content (AvgIpc) is 2.85. The molecule has 0 aromatic heterocycles. The number of hydrogen-bond donors (Lipinski definition) is 3. The molecule has 1 fully saturated rings. The van der Waals surface area contributed by atoms with Gasteiger partial charge in [-0.25, -0.2) is 0 Å². The molecule has 3 N–H and O–H groups in total. The Bertz CT molecular complexity index is 869. The van der Waals surface area contributed by atoms with Gasteiger partial charge >= 0.3 is 0 Å². The number of aliphatic hydroxyl groups excluding tert-OH is 3. The topological polar surface area (TPSA) is 88.4 Å². The molecule has 6 heteroatoms. The second kappa shape index (κ2) is 9.92. The summed E-state index contributed by atoms with van der Waals surface area (Å²) in [5, 5.41) is 30.9. The summed E-state index contributed by atoms with van der Waals surface area (Å²) in [6.45, 7) is -0.0521. The van der Waals surface area contributed by atoms with E-state index in [0.717, 1.165) is 16.7 Å². The van der Waals surface area contributed by atoms with Gasteiger partial charge in [0.15, 0.2) is 6.29 Å². The standard InChI is InChI=1S/C26H28O6/c1-30-24-22(27)21(32-25(29)23(24)28)17-31-26(18-11-5-2-6-12-18,19-13-7-3-8-14-19)20-15-9-4-10-16-20/h2-16,21-25,27-29H,17H2,1H3/t21-,22-,23+,24+,25+/m1/s1. The first-order chi connectivity index (χ1) is 15.6. The summed E-state index contributed by atoms with van der Waals surface area (Å²) in [5.41, 5.74) is 1.74. The average molecular weight is 437 g/mol. The summed E-state index contributed by atoms with van der Waals surface area (Å²) in [7, 11) is 1.37. The van der Waals surface area contributed by atoms with Gasteiger partial charge in [-0.1, -0.05) is 91.0 Å². The van der Waals surface area contributed by atoms with Crippen molar-refractivity contribution in [2.75, 3.05) is 13.7 Å². The lowest BCUT2D eigenvalue weighted by Crippen LogP contribution is -2.59. The molecule has 6 nitrogen and oxygen atoms in total.